The van der Waals surface area contributed by atoms with Crippen molar-refractivity contribution < 1.29 is 14.3 Å². The molecule has 28 heavy (non-hydrogen) atoms. The number of hydrogen-bond acceptors (Lipinski definition) is 7. The quantitative estimate of drug-likeness (QED) is 0.650. The predicted molar refractivity (Wildman–Crippen MR) is 107 cm³/mol. The summed E-state index contributed by atoms with van der Waals surface area (Å²) in [7, 11) is 1.64. The molecule has 3 rings (SSSR count). The number of rotatable bonds is 9. The molecule has 1 N–H and O–H groups in total. The molecule has 0 saturated carbocycles. The van der Waals surface area contributed by atoms with E-state index >= 15 is 0 Å². The zero-order valence-corrected chi connectivity index (χ0v) is 16.2. The molecule has 1 aromatic carbocycles. The van der Waals surface area contributed by atoms with E-state index in [4.69, 9.17) is 9.47 Å². The second kappa shape index (κ2) is 10.5. The van der Waals surface area contributed by atoms with Gasteiger partial charge < -0.3 is 24.6 Å². The molecule has 2 aromatic rings. The van der Waals surface area contributed by atoms with Crippen LogP contribution in [0.4, 0.5) is 5.95 Å². The molecule has 0 unspecified atom stereocenters. The zero-order valence-electron chi connectivity index (χ0n) is 16.2. The maximum absolute atomic E-state index is 12.3. The lowest BCUT2D eigenvalue weighted by atomic mass is 10.3. The molecule has 1 aromatic heterocycles. The highest BCUT2D eigenvalue weighted by Crippen LogP contribution is 2.16. The summed E-state index contributed by atoms with van der Waals surface area (Å²) in [4.78, 5) is 24.9. The Kier molecular flexibility index (Phi) is 7.43. The van der Waals surface area contributed by atoms with E-state index in [-0.39, 0.29) is 5.91 Å². The fourth-order valence-electron chi connectivity index (χ4n) is 3.00. The normalized spacial score (nSPS) is 14.0. The van der Waals surface area contributed by atoms with E-state index in [1.807, 2.05) is 29.2 Å². The molecule has 0 atom stereocenters. The van der Waals surface area contributed by atoms with E-state index in [1.54, 1.807) is 25.6 Å². The lowest BCUT2D eigenvalue weighted by Crippen LogP contribution is -2.49. The van der Waals surface area contributed by atoms with Crippen molar-refractivity contribution in [1.82, 2.24) is 20.2 Å². The monoisotopic (exact) mass is 385 g/mol. The van der Waals surface area contributed by atoms with Gasteiger partial charge in [0.1, 0.15) is 18.1 Å². The number of anilines is 1. The molecular formula is C20H27N5O3. The lowest BCUT2D eigenvalue weighted by Gasteiger charge is -2.34. The van der Waals surface area contributed by atoms with Gasteiger partial charge in [-0.15, -0.1) is 0 Å². The van der Waals surface area contributed by atoms with E-state index < -0.39 is 0 Å². The minimum atomic E-state index is 0.178. The van der Waals surface area contributed by atoms with Crippen LogP contribution in [-0.4, -0.2) is 73.8 Å². The van der Waals surface area contributed by atoms with Crippen molar-refractivity contribution >= 4 is 11.9 Å². The molecule has 1 aliphatic rings. The summed E-state index contributed by atoms with van der Waals surface area (Å²) in [6.07, 6.45) is 3.97. The number of aromatic nitrogens is 2. The molecule has 2 heterocycles. The van der Waals surface area contributed by atoms with Gasteiger partial charge in [0.2, 0.25) is 11.9 Å². The molecule has 0 aliphatic carbocycles. The molecule has 1 saturated heterocycles. The van der Waals surface area contributed by atoms with E-state index in [1.165, 1.54) is 0 Å². The van der Waals surface area contributed by atoms with Crippen LogP contribution in [0.5, 0.6) is 11.5 Å². The second-order valence-electron chi connectivity index (χ2n) is 6.44. The molecule has 1 amide bonds. The first-order valence-corrected chi connectivity index (χ1v) is 9.53. The molecule has 0 spiro atoms. The van der Waals surface area contributed by atoms with E-state index in [9.17, 15) is 4.79 Å². The Labute approximate surface area is 165 Å². The van der Waals surface area contributed by atoms with Gasteiger partial charge in [0, 0.05) is 58.1 Å². The Morgan fingerprint density at radius 3 is 2.39 bits per heavy atom. The van der Waals surface area contributed by atoms with Gasteiger partial charge in [-0.05, 0) is 30.3 Å². The van der Waals surface area contributed by atoms with E-state index in [2.05, 4.69) is 20.2 Å². The largest absolute Gasteiger partial charge is 0.497 e. The smallest absolute Gasteiger partial charge is 0.225 e. The molecule has 150 valence electrons. The van der Waals surface area contributed by atoms with Crippen molar-refractivity contribution in [1.29, 1.82) is 0 Å². The van der Waals surface area contributed by atoms with Crippen LogP contribution < -0.4 is 19.7 Å². The average Bonchev–Trinajstić information content (AvgIpc) is 2.77. The number of piperazine rings is 1. The van der Waals surface area contributed by atoms with Crippen LogP contribution >= 0.6 is 0 Å². The minimum absolute atomic E-state index is 0.178. The maximum atomic E-state index is 12.3. The number of hydrogen-bond donors (Lipinski definition) is 1. The van der Waals surface area contributed by atoms with Gasteiger partial charge in [0.25, 0.3) is 0 Å². The summed E-state index contributed by atoms with van der Waals surface area (Å²) in [5.74, 6) is 2.52. The average molecular weight is 385 g/mol. The Bertz CT molecular complexity index is 718. The summed E-state index contributed by atoms with van der Waals surface area (Å²) in [5, 5.41) is 3.26. The number of carbonyl (C=O) groups is 1. The number of nitrogens with one attached hydrogen (secondary N) is 1. The summed E-state index contributed by atoms with van der Waals surface area (Å²) < 4.78 is 10.8. The van der Waals surface area contributed by atoms with Crippen molar-refractivity contribution in [3.8, 4) is 11.5 Å². The maximum Gasteiger partial charge on any atom is 0.225 e. The summed E-state index contributed by atoms with van der Waals surface area (Å²) in [6.45, 7) is 4.83. The third-order valence-electron chi connectivity index (χ3n) is 4.59. The Morgan fingerprint density at radius 2 is 1.71 bits per heavy atom. The number of benzene rings is 1. The van der Waals surface area contributed by atoms with Crippen LogP contribution in [0, 0.1) is 0 Å². The summed E-state index contributed by atoms with van der Waals surface area (Å²) >= 11 is 0. The van der Waals surface area contributed by atoms with Gasteiger partial charge in [-0.1, -0.05) is 0 Å². The Hall–Kier alpha value is -2.87. The highest BCUT2D eigenvalue weighted by atomic mass is 16.5. The van der Waals surface area contributed by atoms with Gasteiger partial charge in [0.05, 0.1) is 7.11 Å². The van der Waals surface area contributed by atoms with Gasteiger partial charge in [-0.2, -0.15) is 0 Å². The summed E-state index contributed by atoms with van der Waals surface area (Å²) in [5.41, 5.74) is 0. The third-order valence-corrected chi connectivity index (χ3v) is 4.59. The van der Waals surface area contributed by atoms with Crippen molar-refractivity contribution in [2.45, 2.75) is 6.42 Å². The lowest BCUT2D eigenvalue weighted by molar-refractivity contribution is -0.131. The predicted octanol–water partition coefficient (Wildman–Crippen LogP) is 1.19. The van der Waals surface area contributed by atoms with Crippen molar-refractivity contribution in [2.75, 3.05) is 57.9 Å². The first-order valence-electron chi connectivity index (χ1n) is 9.53. The molecular weight excluding hydrogens is 358 g/mol. The number of ether oxygens (including phenoxy) is 2. The van der Waals surface area contributed by atoms with Gasteiger partial charge in [-0.25, -0.2) is 9.97 Å². The fraction of sp³-hybridized carbons (Fsp3) is 0.450. The Morgan fingerprint density at radius 1 is 1.04 bits per heavy atom. The van der Waals surface area contributed by atoms with Crippen LogP contribution in [0.1, 0.15) is 6.42 Å². The zero-order chi connectivity index (χ0) is 19.6. The van der Waals surface area contributed by atoms with Crippen molar-refractivity contribution in [2.24, 2.45) is 0 Å². The van der Waals surface area contributed by atoms with Crippen molar-refractivity contribution in [3.05, 3.63) is 42.7 Å². The number of amides is 1. The molecule has 1 fully saturated rings. The SMILES string of the molecule is COc1ccc(OCCNCCC(=O)N2CCN(c3ncccn3)CC2)cc1. The molecule has 0 radical (unpaired) electrons. The number of nitrogens with zero attached hydrogens (tertiary/aromatic N) is 4. The fourth-order valence-corrected chi connectivity index (χ4v) is 3.00. The second-order valence-corrected chi connectivity index (χ2v) is 6.44. The van der Waals surface area contributed by atoms with E-state index in [0.29, 0.717) is 39.2 Å². The van der Waals surface area contributed by atoms with Gasteiger partial charge in [0.15, 0.2) is 0 Å². The molecule has 1 aliphatic heterocycles. The third kappa shape index (κ3) is 5.82. The van der Waals surface area contributed by atoms with Crippen LogP contribution in [0.2, 0.25) is 0 Å². The molecule has 0 bridgehead atoms. The first kappa shape index (κ1) is 19.9. The molecule has 8 nitrogen and oxygen atoms in total. The topological polar surface area (TPSA) is 79.8 Å². The van der Waals surface area contributed by atoms with Crippen LogP contribution in [0.15, 0.2) is 42.7 Å². The van der Waals surface area contributed by atoms with Gasteiger partial charge in [-0.3, -0.25) is 4.79 Å². The Balaban J connectivity index is 1.26. The van der Waals surface area contributed by atoms with E-state index in [0.717, 1.165) is 30.5 Å². The molecule has 8 heteroatoms. The van der Waals surface area contributed by atoms with Crippen molar-refractivity contribution in [3.63, 3.8) is 0 Å². The highest BCUT2D eigenvalue weighted by molar-refractivity contribution is 5.76. The minimum Gasteiger partial charge on any atom is -0.497 e. The van der Waals surface area contributed by atoms with Crippen LogP contribution in [0.25, 0.3) is 0 Å². The van der Waals surface area contributed by atoms with Crippen LogP contribution in [0.3, 0.4) is 0 Å². The number of carbonyl (C=O) groups excluding carboxylic acids is 1. The standard InChI is InChI=1S/C20H27N5O3/c1-27-17-3-5-18(6-4-17)28-16-11-21-10-7-19(26)24-12-14-25(15-13-24)20-22-8-2-9-23-20/h2-6,8-9,21H,7,10-16H2,1H3. The number of methoxy groups -OCH3 is 1. The first-order chi connectivity index (χ1) is 13.8. The van der Waals surface area contributed by atoms with Gasteiger partial charge >= 0.3 is 0 Å². The van der Waals surface area contributed by atoms with Crippen LogP contribution in [-0.2, 0) is 4.79 Å². The highest BCUT2D eigenvalue weighted by Gasteiger charge is 2.21. The summed E-state index contributed by atoms with van der Waals surface area (Å²) in [6, 6.07) is 9.29.